The van der Waals surface area contributed by atoms with Crippen LogP contribution in [0.2, 0.25) is 0 Å². The SMILES string of the molecule is CC(C)(N)CN[C@@H](CN)CS. The molecule has 0 heterocycles. The van der Waals surface area contributed by atoms with E-state index < -0.39 is 0 Å². The summed E-state index contributed by atoms with van der Waals surface area (Å²) < 4.78 is 0. The molecule has 0 spiro atoms. The Labute approximate surface area is 74.3 Å². The van der Waals surface area contributed by atoms with Gasteiger partial charge in [-0.3, -0.25) is 0 Å². The first kappa shape index (κ1) is 11.2. The summed E-state index contributed by atoms with van der Waals surface area (Å²) in [5.74, 6) is 0.757. The van der Waals surface area contributed by atoms with Crippen molar-refractivity contribution < 1.29 is 0 Å². The van der Waals surface area contributed by atoms with Crippen molar-refractivity contribution in [2.24, 2.45) is 11.5 Å². The number of rotatable bonds is 5. The molecule has 0 aliphatic heterocycles. The molecule has 0 saturated carbocycles. The van der Waals surface area contributed by atoms with Gasteiger partial charge in [0.05, 0.1) is 0 Å². The summed E-state index contributed by atoms with van der Waals surface area (Å²) in [5.41, 5.74) is 11.1. The third-order valence-electron chi connectivity index (χ3n) is 1.35. The van der Waals surface area contributed by atoms with Gasteiger partial charge in [0.15, 0.2) is 0 Å². The lowest BCUT2D eigenvalue weighted by Gasteiger charge is -2.22. The topological polar surface area (TPSA) is 64.1 Å². The minimum Gasteiger partial charge on any atom is -0.329 e. The fourth-order valence-electron chi connectivity index (χ4n) is 0.630. The van der Waals surface area contributed by atoms with Crippen molar-refractivity contribution in [2.45, 2.75) is 25.4 Å². The van der Waals surface area contributed by atoms with Gasteiger partial charge in [0.1, 0.15) is 0 Å². The molecule has 0 aliphatic carbocycles. The lowest BCUT2D eigenvalue weighted by Crippen LogP contribution is -2.49. The highest BCUT2D eigenvalue weighted by molar-refractivity contribution is 7.80. The quantitative estimate of drug-likeness (QED) is 0.431. The van der Waals surface area contributed by atoms with Crippen molar-refractivity contribution >= 4 is 12.6 Å². The average Bonchev–Trinajstić information content (AvgIpc) is 1.88. The molecular weight excluding hydrogens is 158 g/mol. The molecular formula is C7H19N3S. The molecule has 0 unspecified atom stereocenters. The highest BCUT2D eigenvalue weighted by Gasteiger charge is 2.12. The van der Waals surface area contributed by atoms with E-state index >= 15 is 0 Å². The molecule has 0 bridgehead atoms. The third-order valence-corrected chi connectivity index (χ3v) is 1.79. The van der Waals surface area contributed by atoms with Crippen molar-refractivity contribution in [2.75, 3.05) is 18.8 Å². The summed E-state index contributed by atoms with van der Waals surface area (Å²) in [6, 6.07) is 0.279. The molecule has 0 aliphatic rings. The monoisotopic (exact) mass is 177 g/mol. The Morgan fingerprint density at radius 2 is 2.09 bits per heavy atom. The Balaban J connectivity index is 3.51. The normalized spacial score (nSPS) is 15.0. The summed E-state index contributed by atoms with van der Waals surface area (Å²) in [5, 5.41) is 3.23. The van der Waals surface area contributed by atoms with Gasteiger partial charge in [-0.25, -0.2) is 0 Å². The molecule has 1 atom stereocenters. The first-order valence-corrected chi connectivity index (χ1v) is 4.46. The van der Waals surface area contributed by atoms with E-state index in [1.54, 1.807) is 0 Å². The summed E-state index contributed by atoms with van der Waals surface area (Å²) in [6.45, 7) is 5.34. The number of hydrogen-bond donors (Lipinski definition) is 4. The van der Waals surface area contributed by atoms with Crippen LogP contribution in [0.5, 0.6) is 0 Å². The molecule has 0 aromatic heterocycles. The van der Waals surface area contributed by atoms with Crippen molar-refractivity contribution in [1.29, 1.82) is 0 Å². The van der Waals surface area contributed by atoms with Crippen LogP contribution in [0.15, 0.2) is 0 Å². The molecule has 0 aromatic rings. The van der Waals surface area contributed by atoms with Gasteiger partial charge in [-0.15, -0.1) is 0 Å². The summed E-state index contributed by atoms with van der Waals surface area (Å²) >= 11 is 4.14. The van der Waals surface area contributed by atoms with E-state index in [0.717, 1.165) is 12.3 Å². The second kappa shape index (κ2) is 4.98. The maximum atomic E-state index is 5.76. The van der Waals surface area contributed by atoms with E-state index in [1.807, 2.05) is 13.8 Å². The fourth-order valence-corrected chi connectivity index (χ4v) is 0.908. The highest BCUT2D eigenvalue weighted by Crippen LogP contribution is 1.94. The van der Waals surface area contributed by atoms with Gasteiger partial charge in [0.2, 0.25) is 0 Å². The van der Waals surface area contributed by atoms with E-state index in [2.05, 4.69) is 17.9 Å². The summed E-state index contributed by atoms with van der Waals surface area (Å²) in [6.07, 6.45) is 0. The van der Waals surface area contributed by atoms with E-state index in [-0.39, 0.29) is 11.6 Å². The largest absolute Gasteiger partial charge is 0.329 e. The number of hydrogen-bond acceptors (Lipinski definition) is 4. The molecule has 68 valence electrons. The van der Waals surface area contributed by atoms with Crippen LogP contribution in [0.1, 0.15) is 13.8 Å². The second-order valence-corrected chi connectivity index (χ2v) is 3.85. The molecule has 0 fully saturated rings. The van der Waals surface area contributed by atoms with Crippen molar-refractivity contribution in [3.8, 4) is 0 Å². The van der Waals surface area contributed by atoms with Gasteiger partial charge in [0.25, 0.3) is 0 Å². The summed E-state index contributed by atoms with van der Waals surface area (Å²) in [4.78, 5) is 0. The lowest BCUT2D eigenvalue weighted by molar-refractivity contribution is 0.434. The molecule has 0 radical (unpaired) electrons. The zero-order chi connectivity index (χ0) is 8.91. The Kier molecular flexibility index (Phi) is 5.08. The molecule has 4 heteroatoms. The Hall–Kier alpha value is 0.230. The maximum absolute atomic E-state index is 5.76. The van der Waals surface area contributed by atoms with Crippen LogP contribution in [0.25, 0.3) is 0 Å². The molecule has 0 amide bonds. The maximum Gasteiger partial charge on any atom is 0.0279 e. The van der Waals surface area contributed by atoms with Crippen LogP contribution >= 0.6 is 12.6 Å². The molecule has 0 saturated heterocycles. The van der Waals surface area contributed by atoms with Crippen LogP contribution in [0, 0.1) is 0 Å². The third kappa shape index (κ3) is 6.62. The minimum absolute atomic E-state index is 0.170. The van der Waals surface area contributed by atoms with Gasteiger partial charge in [-0.05, 0) is 13.8 Å². The van der Waals surface area contributed by atoms with Crippen molar-refractivity contribution in [3.05, 3.63) is 0 Å². The molecule has 5 N–H and O–H groups in total. The van der Waals surface area contributed by atoms with E-state index in [9.17, 15) is 0 Å². The van der Waals surface area contributed by atoms with E-state index in [1.165, 1.54) is 0 Å². The highest BCUT2D eigenvalue weighted by atomic mass is 32.1. The van der Waals surface area contributed by atoms with Crippen LogP contribution in [-0.4, -0.2) is 30.4 Å². The minimum atomic E-state index is -0.170. The van der Waals surface area contributed by atoms with Gasteiger partial charge in [-0.2, -0.15) is 12.6 Å². The van der Waals surface area contributed by atoms with Crippen molar-refractivity contribution in [3.63, 3.8) is 0 Å². The van der Waals surface area contributed by atoms with Crippen LogP contribution < -0.4 is 16.8 Å². The summed E-state index contributed by atoms with van der Waals surface area (Å²) in [7, 11) is 0. The number of nitrogens with one attached hydrogen (secondary N) is 1. The van der Waals surface area contributed by atoms with Gasteiger partial charge in [0, 0.05) is 30.4 Å². The Bertz CT molecular complexity index is 96.3. The van der Waals surface area contributed by atoms with Crippen LogP contribution in [-0.2, 0) is 0 Å². The zero-order valence-corrected chi connectivity index (χ0v) is 8.20. The molecule has 11 heavy (non-hydrogen) atoms. The standard InChI is InChI=1S/C7H19N3S/c1-7(2,9)5-10-6(3-8)4-11/h6,10-11H,3-5,8-9H2,1-2H3/t6-/m0/s1. The lowest BCUT2D eigenvalue weighted by atomic mass is 10.1. The first-order chi connectivity index (χ1) is 4.99. The second-order valence-electron chi connectivity index (χ2n) is 3.48. The number of nitrogens with two attached hydrogens (primary N) is 2. The van der Waals surface area contributed by atoms with Crippen LogP contribution in [0.4, 0.5) is 0 Å². The Morgan fingerprint density at radius 1 is 1.55 bits per heavy atom. The first-order valence-electron chi connectivity index (χ1n) is 3.83. The smallest absolute Gasteiger partial charge is 0.0279 e. The molecule has 0 rings (SSSR count). The molecule has 0 aromatic carbocycles. The van der Waals surface area contributed by atoms with Gasteiger partial charge >= 0.3 is 0 Å². The average molecular weight is 177 g/mol. The van der Waals surface area contributed by atoms with Crippen molar-refractivity contribution in [1.82, 2.24) is 5.32 Å². The Morgan fingerprint density at radius 3 is 2.36 bits per heavy atom. The predicted molar refractivity (Wildman–Crippen MR) is 53.0 cm³/mol. The van der Waals surface area contributed by atoms with Gasteiger partial charge in [-0.1, -0.05) is 0 Å². The van der Waals surface area contributed by atoms with Crippen LogP contribution in [0.3, 0.4) is 0 Å². The number of thiol groups is 1. The van der Waals surface area contributed by atoms with Gasteiger partial charge < -0.3 is 16.8 Å². The molecule has 3 nitrogen and oxygen atoms in total. The zero-order valence-electron chi connectivity index (χ0n) is 7.30. The predicted octanol–water partition coefficient (Wildman–Crippen LogP) is -0.430. The van der Waals surface area contributed by atoms with E-state index in [0.29, 0.717) is 6.54 Å². The fraction of sp³-hybridized carbons (Fsp3) is 1.00. The van der Waals surface area contributed by atoms with E-state index in [4.69, 9.17) is 11.5 Å².